The molecule has 162 valence electrons. The van der Waals surface area contributed by atoms with Crippen LogP contribution in [0, 0.1) is 0 Å². The third-order valence-corrected chi connectivity index (χ3v) is 4.88. The number of nitrogens with one attached hydrogen (secondary N) is 1. The highest BCUT2D eigenvalue weighted by molar-refractivity contribution is 6.21. The van der Waals surface area contributed by atoms with Crippen molar-refractivity contribution in [2.45, 2.75) is 25.7 Å². The molecular weight excluding hydrogens is 400 g/mol. The molecule has 0 saturated heterocycles. The summed E-state index contributed by atoms with van der Waals surface area (Å²) < 4.78 is 10.0. The first kappa shape index (κ1) is 22.0. The summed E-state index contributed by atoms with van der Waals surface area (Å²) in [6.45, 7) is -0.0500. The number of carbonyl (C=O) groups is 4. The molecule has 0 saturated carbocycles. The molecule has 2 aromatic carbocycles. The number of rotatable bonds is 10. The Morgan fingerprint density at radius 1 is 0.903 bits per heavy atom. The summed E-state index contributed by atoms with van der Waals surface area (Å²) in [4.78, 5) is 49.5. The molecule has 3 amide bonds. The quantitative estimate of drug-likeness (QED) is 0.357. The Morgan fingerprint density at radius 2 is 1.55 bits per heavy atom. The second-order valence-corrected chi connectivity index (χ2v) is 7.06. The molecule has 0 fully saturated rings. The second kappa shape index (κ2) is 10.4. The Labute approximate surface area is 180 Å². The number of hydrogen-bond acceptors (Lipinski definition) is 6. The van der Waals surface area contributed by atoms with E-state index in [1.807, 2.05) is 0 Å². The van der Waals surface area contributed by atoms with Gasteiger partial charge in [0, 0.05) is 18.7 Å². The number of nitrogens with zero attached hydrogens (tertiary/aromatic N) is 1. The number of ether oxygens (including phenoxy) is 2. The zero-order valence-corrected chi connectivity index (χ0v) is 17.3. The molecule has 0 bridgehead atoms. The van der Waals surface area contributed by atoms with Crippen LogP contribution in [0.25, 0.3) is 0 Å². The van der Waals surface area contributed by atoms with E-state index >= 15 is 0 Å². The van der Waals surface area contributed by atoms with Crippen LogP contribution in [0.3, 0.4) is 0 Å². The van der Waals surface area contributed by atoms with E-state index in [-0.39, 0.29) is 24.8 Å². The monoisotopic (exact) mass is 424 g/mol. The van der Waals surface area contributed by atoms with Crippen molar-refractivity contribution >= 4 is 29.4 Å². The predicted molar refractivity (Wildman–Crippen MR) is 113 cm³/mol. The van der Waals surface area contributed by atoms with Gasteiger partial charge >= 0.3 is 5.97 Å². The van der Waals surface area contributed by atoms with Gasteiger partial charge in [0.2, 0.25) is 0 Å². The molecule has 0 spiro atoms. The average Bonchev–Trinajstić information content (AvgIpc) is 3.03. The number of carbonyl (C=O) groups excluding carboxylic acids is 4. The molecule has 1 aliphatic heterocycles. The first-order chi connectivity index (χ1) is 15.0. The summed E-state index contributed by atoms with van der Waals surface area (Å²) in [5.74, 6) is -0.770. The molecule has 2 aromatic rings. The van der Waals surface area contributed by atoms with Crippen molar-refractivity contribution in [1.82, 2.24) is 4.90 Å². The largest absolute Gasteiger partial charge is 0.497 e. The van der Waals surface area contributed by atoms with Gasteiger partial charge in [-0.25, -0.2) is 0 Å². The Morgan fingerprint density at radius 3 is 2.16 bits per heavy atom. The highest BCUT2D eigenvalue weighted by atomic mass is 16.5. The molecule has 8 heteroatoms. The van der Waals surface area contributed by atoms with Crippen molar-refractivity contribution in [3.05, 3.63) is 59.7 Å². The lowest BCUT2D eigenvalue weighted by molar-refractivity contribution is -0.147. The summed E-state index contributed by atoms with van der Waals surface area (Å²) in [7, 11) is 1.55. The van der Waals surface area contributed by atoms with Gasteiger partial charge in [0.25, 0.3) is 17.7 Å². The van der Waals surface area contributed by atoms with Crippen LogP contribution < -0.4 is 10.1 Å². The van der Waals surface area contributed by atoms with Crippen molar-refractivity contribution in [2.24, 2.45) is 0 Å². The summed E-state index contributed by atoms with van der Waals surface area (Å²) in [6, 6.07) is 13.6. The molecule has 31 heavy (non-hydrogen) atoms. The zero-order valence-electron chi connectivity index (χ0n) is 17.3. The standard InChI is InChI=1S/C23H24N2O6/c1-30-17-12-10-16(11-13-17)24-20(26)15-31-21(27)9-3-2-6-14-25-22(28)18-7-4-5-8-19(18)23(25)29/h4-5,7-8,10-13H,2-3,6,9,14-15H2,1H3,(H,24,26). The molecule has 0 aromatic heterocycles. The van der Waals surface area contributed by atoms with Crippen LogP contribution in [0.1, 0.15) is 46.4 Å². The van der Waals surface area contributed by atoms with E-state index in [4.69, 9.17) is 9.47 Å². The van der Waals surface area contributed by atoms with Crippen molar-refractivity contribution in [3.63, 3.8) is 0 Å². The number of benzene rings is 2. The van der Waals surface area contributed by atoms with Crippen LogP contribution >= 0.6 is 0 Å². The minimum absolute atomic E-state index is 0.165. The molecular formula is C23H24N2O6. The number of esters is 1. The predicted octanol–water partition coefficient (Wildman–Crippen LogP) is 3.03. The molecule has 1 N–H and O–H groups in total. The van der Waals surface area contributed by atoms with Crippen LogP contribution in [0.5, 0.6) is 5.75 Å². The first-order valence-electron chi connectivity index (χ1n) is 10.0. The summed E-state index contributed by atoms with van der Waals surface area (Å²) in [6.07, 6.45) is 1.96. The Hall–Kier alpha value is -3.68. The topological polar surface area (TPSA) is 102 Å². The summed E-state index contributed by atoms with van der Waals surface area (Å²) >= 11 is 0. The lowest BCUT2D eigenvalue weighted by Crippen LogP contribution is -2.30. The van der Waals surface area contributed by atoms with Gasteiger partial charge in [-0.05, 0) is 49.2 Å². The number of anilines is 1. The van der Waals surface area contributed by atoms with Gasteiger partial charge < -0.3 is 14.8 Å². The Balaban J connectivity index is 1.30. The van der Waals surface area contributed by atoms with Gasteiger partial charge in [0.05, 0.1) is 18.2 Å². The van der Waals surface area contributed by atoms with Crippen molar-refractivity contribution in [1.29, 1.82) is 0 Å². The van der Waals surface area contributed by atoms with Crippen molar-refractivity contribution < 1.29 is 28.7 Å². The molecule has 3 rings (SSSR count). The number of unbranched alkanes of at least 4 members (excludes halogenated alkanes) is 2. The van der Waals surface area contributed by atoms with E-state index < -0.39 is 11.9 Å². The highest BCUT2D eigenvalue weighted by Gasteiger charge is 2.34. The van der Waals surface area contributed by atoms with Gasteiger partial charge in [-0.2, -0.15) is 0 Å². The van der Waals surface area contributed by atoms with E-state index in [1.165, 1.54) is 4.90 Å². The summed E-state index contributed by atoms with van der Waals surface area (Å²) in [5, 5.41) is 2.63. The zero-order chi connectivity index (χ0) is 22.2. The van der Waals surface area contributed by atoms with Crippen molar-refractivity contribution in [2.75, 3.05) is 25.6 Å². The normalized spacial score (nSPS) is 12.5. The molecule has 1 aliphatic rings. The van der Waals surface area contributed by atoms with E-state index in [0.717, 1.165) is 0 Å². The van der Waals surface area contributed by atoms with Crippen LogP contribution in [-0.4, -0.2) is 48.9 Å². The lowest BCUT2D eigenvalue weighted by Gasteiger charge is -2.13. The Kier molecular flexibility index (Phi) is 7.37. The fraction of sp³-hybridized carbons (Fsp3) is 0.304. The molecule has 0 radical (unpaired) electrons. The molecule has 0 atom stereocenters. The molecule has 8 nitrogen and oxygen atoms in total. The second-order valence-electron chi connectivity index (χ2n) is 7.06. The van der Waals surface area contributed by atoms with Gasteiger partial charge in [-0.3, -0.25) is 24.1 Å². The summed E-state index contributed by atoms with van der Waals surface area (Å²) in [5.41, 5.74) is 1.45. The van der Waals surface area contributed by atoms with Crippen LogP contribution in [0.15, 0.2) is 48.5 Å². The third kappa shape index (κ3) is 5.69. The van der Waals surface area contributed by atoms with E-state index in [2.05, 4.69) is 5.32 Å². The molecule has 0 unspecified atom stereocenters. The number of imide groups is 1. The molecule has 1 heterocycles. The lowest BCUT2D eigenvalue weighted by atomic mass is 10.1. The number of methoxy groups -OCH3 is 1. The number of fused-ring (bicyclic) bond motifs is 1. The maximum Gasteiger partial charge on any atom is 0.306 e. The minimum Gasteiger partial charge on any atom is -0.497 e. The van der Waals surface area contributed by atoms with Crippen LogP contribution in [0.4, 0.5) is 5.69 Å². The van der Waals surface area contributed by atoms with Gasteiger partial charge in [0.15, 0.2) is 6.61 Å². The fourth-order valence-electron chi connectivity index (χ4n) is 3.25. The molecule has 0 aliphatic carbocycles. The van der Waals surface area contributed by atoms with Crippen LogP contribution in [0.2, 0.25) is 0 Å². The Bertz CT molecular complexity index is 935. The fourth-order valence-corrected chi connectivity index (χ4v) is 3.25. The van der Waals surface area contributed by atoms with Gasteiger partial charge in [-0.15, -0.1) is 0 Å². The van der Waals surface area contributed by atoms with E-state index in [0.29, 0.717) is 48.4 Å². The number of amides is 3. The van der Waals surface area contributed by atoms with Gasteiger partial charge in [-0.1, -0.05) is 18.6 Å². The maximum absolute atomic E-state index is 12.3. The van der Waals surface area contributed by atoms with Crippen LogP contribution in [-0.2, 0) is 14.3 Å². The van der Waals surface area contributed by atoms with E-state index in [9.17, 15) is 19.2 Å². The maximum atomic E-state index is 12.3. The SMILES string of the molecule is COc1ccc(NC(=O)COC(=O)CCCCCN2C(=O)c3ccccc3C2=O)cc1. The average molecular weight is 424 g/mol. The first-order valence-corrected chi connectivity index (χ1v) is 10.0. The van der Waals surface area contributed by atoms with Gasteiger partial charge in [0.1, 0.15) is 5.75 Å². The smallest absolute Gasteiger partial charge is 0.306 e. The number of hydrogen-bond donors (Lipinski definition) is 1. The highest BCUT2D eigenvalue weighted by Crippen LogP contribution is 2.22. The minimum atomic E-state index is -0.467. The third-order valence-electron chi connectivity index (χ3n) is 4.88. The van der Waals surface area contributed by atoms with E-state index in [1.54, 1.807) is 55.6 Å². The van der Waals surface area contributed by atoms with Crippen molar-refractivity contribution in [3.8, 4) is 5.75 Å².